The standard InChI is InChI=1S/C25H27N3O2S/c1-3-14-28(17-21-7-6-15-31-21)18-24(29)27-23-9-5-4-8-22(23)25(30)26-16-20-12-10-19(2)11-13-20/h3-13,15H,1,14,16-18H2,2H3,(H,26,30)(H,27,29). The van der Waals surface area contributed by atoms with Crippen LogP contribution in [0.15, 0.2) is 78.7 Å². The van der Waals surface area contributed by atoms with E-state index < -0.39 is 0 Å². The van der Waals surface area contributed by atoms with Crippen molar-refractivity contribution < 1.29 is 9.59 Å². The summed E-state index contributed by atoms with van der Waals surface area (Å²) in [7, 11) is 0. The molecule has 3 aromatic rings. The van der Waals surface area contributed by atoms with Crippen LogP contribution in [0, 0.1) is 6.92 Å². The average molecular weight is 434 g/mol. The first-order valence-corrected chi connectivity index (χ1v) is 11.0. The molecule has 1 aromatic heterocycles. The summed E-state index contributed by atoms with van der Waals surface area (Å²) in [5.41, 5.74) is 3.14. The van der Waals surface area contributed by atoms with E-state index in [0.29, 0.717) is 30.9 Å². The number of benzene rings is 2. The number of para-hydroxylation sites is 1. The van der Waals surface area contributed by atoms with Crippen molar-refractivity contribution in [3.05, 3.63) is 100 Å². The number of rotatable bonds is 10. The quantitative estimate of drug-likeness (QED) is 0.459. The maximum atomic E-state index is 12.7. The summed E-state index contributed by atoms with van der Waals surface area (Å²) in [6.45, 7) is 7.73. The maximum absolute atomic E-state index is 12.7. The minimum Gasteiger partial charge on any atom is -0.348 e. The van der Waals surface area contributed by atoms with Gasteiger partial charge in [-0.1, -0.05) is 54.1 Å². The molecule has 31 heavy (non-hydrogen) atoms. The predicted octanol–water partition coefficient (Wildman–Crippen LogP) is 4.61. The molecule has 0 aliphatic carbocycles. The number of hydrogen-bond donors (Lipinski definition) is 2. The number of nitrogens with one attached hydrogen (secondary N) is 2. The average Bonchev–Trinajstić information content (AvgIpc) is 3.26. The van der Waals surface area contributed by atoms with Crippen molar-refractivity contribution >= 4 is 28.8 Å². The Labute approximate surface area is 187 Å². The van der Waals surface area contributed by atoms with E-state index >= 15 is 0 Å². The molecule has 0 bridgehead atoms. The van der Waals surface area contributed by atoms with Crippen LogP contribution in [0.3, 0.4) is 0 Å². The lowest BCUT2D eigenvalue weighted by Gasteiger charge is -2.20. The maximum Gasteiger partial charge on any atom is 0.253 e. The Morgan fingerprint density at radius 1 is 1.06 bits per heavy atom. The highest BCUT2D eigenvalue weighted by atomic mass is 32.1. The number of carbonyl (C=O) groups excluding carboxylic acids is 2. The number of carbonyl (C=O) groups is 2. The van der Waals surface area contributed by atoms with Crippen LogP contribution >= 0.6 is 11.3 Å². The molecule has 2 amide bonds. The summed E-state index contributed by atoms with van der Waals surface area (Å²) in [4.78, 5) is 28.6. The zero-order chi connectivity index (χ0) is 22.1. The van der Waals surface area contributed by atoms with Crippen molar-refractivity contribution in [2.24, 2.45) is 0 Å². The van der Waals surface area contributed by atoms with Gasteiger partial charge in [-0.25, -0.2) is 0 Å². The Hall–Kier alpha value is -3.22. The smallest absolute Gasteiger partial charge is 0.253 e. The predicted molar refractivity (Wildman–Crippen MR) is 127 cm³/mol. The molecule has 3 rings (SSSR count). The second kappa shape index (κ2) is 11.2. The van der Waals surface area contributed by atoms with Gasteiger partial charge in [0.15, 0.2) is 0 Å². The third-order valence-electron chi connectivity index (χ3n) is 4.73. The van der Waals surface area contributed by atoms with Gasteiger partial charge in [-0.15, -0.1) is 17.9 Å². The Bertz CT molecular complexity index is 1010. The molecule has 6 heteroatoms. The summed E-state index contributed by atoms with van der Waals surface area (Å²) in [5, 5.41) is 7.84. The molecular formula is C25H27N3O2S. The van der Waals surface area contributed by atoms with Gasteiger partial charge in [0.1, 0.15) is 0 Å². The van der Waals surface area contributed by atoms with Crippen LogP contribution in [0.2, 0.25) is 0 Å². The Kier molecular flexibility index (Phi) is 8.15. The Morgan fingerprint density at radius 3 is 2.55 bits per heavy atom. The highest BCUT2D eigenvalue weighted by molar-refractivity contribution is 7.09. The molecule has 2 N–H and O–H groups in total. The number of nitrogens with zero attached hydrogens (tertiary/aromatic N) is 1. The fourth-order valence-electron chi connectivity index (χ4n) is 3.16. The second-order valence-electron chi connectivity index (χ2n) is 7.30. The fraction of sp³-hybridized carbons (Fsp3) is 0.200. The molecule has 0 spiro atoms. The van der Waals surface area contributed by atoms with Crippen molar-refractivity contribution in [2.75, 3.05) is 18.4 Å². The normalized spacial score (nSPS) is 10.6. The molecule has 0 saturated carbocycles. The van der Waals surface area contributed by atoms with E-state index in [9.17, 15) is 9.59 Å². The molecule has 0 aliphatic heterocycles. The zero-order valence-electron chi connectivity index (χ0n) is 17.6. The molecular weight excluding hydrogens is 406 g/mol. The van der Waals surface area contributed by atoms with Crippen LogP contribution in [-0.4, -0.2) is 29.8 Å². The third kappa shape index (κ3) is 6.91. The summed E-state index contributed by atoms with van der Waals surface area (Å²) in [6, 6.07) is 19.1. The summed E-state index contributed by atoms with van der Waals surface area (Å²) >= 11 is 1.66. The highest BCUT2D eigenvalue weighted by Crippen LogP contribution is 2.16. The van der Waals surface area contributed by atoms with E-state index in [1.54, 1.807) is 41.7 Å². The topological polar surface area (TPSA) is 61.4 Å². The largest absolute Gasteiger partial charge is 0.348 e. The molecule has 0 unspecified atom stereocenters. The lowest BCUT2D eigenvalue weighted by atomic mass is 10.1. The van der Waals surface area contributed by atoms with Crippen LogP contribution in [0.25, 0.3) is 0 Å². The first-order chi connectivity index (χ1) is 15.0. The highest BCUT2D eigenvalue weighted by Gasteiger charge is 2.15. The van der Waals surface area contributed by atoms with E-state index in [1.165, 1.54) is 10.4 Å². The van der Waals surface area contributed by atoms with Gasteiger partial charge in [0, 0.05) is 24.5 Å². The second-order valence-corrected chi connectivity index (χ2v) is 8.33. The van der Waals surface area contributed by atoms with Gasteiger partial charge < -0.3 is 10.6 Å². The van der Waals surface area contributed by atoms with Crippen molar-refractivity contribution in [1.82, 2.24) is 10.2 Å². The van der Waals surface area contributed by atoms with Gasteiger partial charge >= 0.3 is 0 Å². The van der Waals surface area contributed by atoms with Crippen molar-refractivity contribution in [1.29, 1.82) is 0 Å². The van der Waals surface area contributed by atoms with E-state index in [2.05, 4.69) is 17.2 Å². The third-order valence-corrected chi connectivity index (χ3v) is 5.59. The Morgan fingerprint density at radius 2 is 1.84 bits per heavy atom. The van der Waals surface area contributed by atoms with Crippen LogP contribution in [0.5, 0.6) is 0 Å². The number of anilines is 1. The van der Waals surface area contributed by atoms with Gasteiger partial charge in [0.2, 0.25) is 5.91 Å². The zero-order valence-corrected chi connectivity index (χ0v) is 18.5. The summed E-state index contributed by atoms with van der Waals surface area (Å²) in [5.74, 6) is -0.393. The Balaban J connectivity index is 1.61. The van der Waals surface area contributed by atoms with Crippen molar-refractivity contribution in [3.63, 3.8) is 0 Å². The molecule has 160 valence electrons. The van der Waals surface area contributed by atoms with Crippen molar-refractivity contribution in [3.8, 4) is 0 Å². The first kappa shape index (κ1) is 22.5. The van der Waals surface area contributed by atoms with Crippen LogP contribution in [0.1, 0.15) is 26.4 Å². The molecule has 5 nitrogen and oxygen atoms in total. The number of hydrogen-bond acceptors (Lipinski definition) is 4. The fourth-order valence-corrected chi connectivity index (χ4v) is 3.90. The van der Waals surface area contributed by atoms with E-state index in [-0.39, 0.29) is 18.4 Å². The molecule has 0 aliphatic rings. The lowest BCUT2D eigenvalue weighted by Crippen LogP contribution is -2.33. The number of amides is 2. The number of aryl methyl sites for hydroxylation is 1. The van der Waals surface area contributed by atoms with E-state index in [1.807, 2.05) is 53.6 Å². The van der Waals surface area contributed by atoms with E-state index in [4.69, 9.17) is 0 Å². The molecule has 1 heterocycles. The van der Waals surface area contributed by atoms with E-state index in [0.717, 1.165) is 5.56 Å². The molecule has 0 atom stereocenters. The van der Waals surface area contributed by atoms with Crippen LogP contribution in [0.4, 0.5) is 5.69 Å². The van der Waals surface area contributed by atoms with Crippen LogP contribution in [-0.2, 0) is 17.9 Å². The summed E-state index contributed by atoms with van der Waals surface area (Å²) < 4.78 is 0. The van der Waals surface area contributed by atoms with Crippen LogP contribution < -0.4 is 10.6 Å². The monoisotopic (exact) mass is 433 g/mol. The first-order valence-electron chi connectivity index (χ1n) is 10.1. The van der Waals surface area contributed by atoms with Gasteiger partial charge in [-0.3, -0.25) is 14.5 Å². The lowest BCUT2D eigenvalue weighted by molar-refractivity contribution is -0.117. The van der Waals surface area contributed by atoms with Gasteiger partial charge in [0.05, 0.1) is 17.8 Å². The minimum atomic E-state index is -0.224. The molecule has 0 saturated heterocycles. The molecule has 0 fully saturated rings. The van der Waals surface area contributed by atoms with Gasteiger partial charge in [-0.05, 0) is 36.1 Å². The molecule has 0 radical (unpaired) electrons. The van der Waals surface area contributed by atoms with Gasteiger partial charge in [-0.2, -0.15) is 0 Å². The summed E-state index contributed by atoms with van der Waals surface area (Å²) in [6.07, 6.45) is 1.79. The SMILES string of the molecule is C=CCN(CC(=O)Nc1ccccc1C(=O)NCc1ccc(C)cc1)Cc1cccs1. The molecule has 2 aromatic carbocycles. The van der Waals surface area contributed by atoms with Gasteiger partial charge in [0.25, 0.3) is 5.91 Å². The van der Waals surface area contributed by atoms with Crippen molar-refractivity contribution in [2.45, 2.75) is 20.0 Å². The number of thiophene rings is 1. The minimum absolute atomic E-state index is 0.169.